The molecular weight excluding hydrogens is 142 g/mol. The average Bonchev–Trinajstić information content (AvgIpc) is 2.48. The monoisotopic (exact) mass is 147 g/mol. The van der Waals surface area contributed by atoms with Crippen LogP contribution in [0.3, 0.4) is 0 Å². The molecule has 3 nitrogen and oxygen atoms in total. The van der Waals surface area contributed by atoms with Crippen LogP contribution in [-0.2, 0) is 9.68 Å². The molecule has 0 amide bonds. The summed E-state index contributed by atoms with van der Waals surface area (Å²) in [6.07, 6.45) is 1.60. The number of benzene rings is 1. The predicted molar refractivity (Wildman–Crippen MR) is 39.1 cm³/mol. The summed E-state index contributed by atoms with van der Waals surface area (Å²) in [6, 6.07) is 7.91. The third-order valence-electron chi connectivity index (χ3n) is 1.78. The molecule has 3 heteroatoms. The summed E-state index contributed by atoms with van der Waals surface area (Å²) in [5.41, 5.74) is 2.00. The number of hydrogen-bond donors (Lipinski definition) is 0. The van der Waals surface area contributed by atoms with Crippen molar-refractivity contribution in [3.63, 3.8) is 0 Å². The van der Waals surface area contributed by atoms with Gasteiger partial charge in [0.05, 0.1) is 0 Å². The van der Waals surface area contributed by atoms with E-state index < -0.39 is 0 Å². The lowest BCUT2D eigenvalue weighted by molar-refractivity contribution is 0.0508. The molecule has 0 radical (unpaired) electrons. The van der Waals surface area contributed by atoms with Crippen molar-refractivity contribution in [3.8, 4) is 0 Å². The van der Waals surface area contributed by atoms with Gasteiger partial charge in [-0.1, -0.05) is 12.1 Å². The summed E-state index contributed by atoms with van der Waals surface area (Å²) in [5, 5.41) is 1.39. The summed E-state index contributed by atoms with van der Waals surface area (Å²) in [5.74, 6) is 0.776. The molecule has 0 aromatic heterocycles. The molecular formula is C8H5NO2. The largest absolute Gasteiger partial charge is 0.349 e. The molecule has 0 atom stereocenters. The molecule has 1 aromatic rings. The number of fused-ring (bicyclic) bond motifs is 6. The first-order valence-electron chi connectivity index (χ1n) is 3.39. The van der Waals surface area contributed by atoms with Crippen LogP contribution < -0.4 is 5.23 Å². The standard InChI is InChI=1S/C8H5NO2/c1-2-6-4-7(3-1)9-10-5-8(6)11-9/h1-5H. The third-order valence-corrected chi connectivity index (χ3v) is 1.78. The van der Waals surface area contributed by atoms with E-state index >= 15 is 0 Å². The molecule has 4 bridgehead atoms. The normalized spacial score (nSPS) is 17.1. The van der Waals surface area contributed by atoms with Crippen molar-refractivity contribution in [3.05, 3.63) is 36.1 Å². The highest BCUT2D eigenvalue weighted by atomic mass is 17.0. The fourth-order valence-electron chi connectivity index (χ4n) is 1.24. The Morgan fingerprint density at radius 2 is 2.27 bits per heavy atom. The van der Waals surface area contributed by atoms with E-state index in [9.17, 15) is 0 Å². The van der Waals surface area contributed by atoms with Gasteiger partial charge in [0.2, 0.25) is 5.76 Å². The molecule has 2 aliphatic rings. The molecule has 2 aliphatic heterocycles. The van der Waals surface area contributed by atoms with Crippen LogP contribution in [0.15, 0.2) is 30.5 Å². The molecule has 0 N–H and O–H groups in total. The molecule has 1 aromatic carbocycles. The number of nitrogens with zero attached hydrogens (tertiary/aromatic N) is 1. The van der Waals surface area contributed by atoms with Crippen LogP contribution in [0.1, 0.15) is 5.56 Å². The van der Waals surface area contributed by atoms with Crippen molar-refractivity contribution in [2.75, 3.05) is 5.23 Å². The molecule has 0 fully saturated rings. The van der Waals surface area contributed by atoms with Crippen LogP contribution >= 0.6 is 0 Å². The highest BCUT2D eigenvalue weighted by Crippen LogP contribution is 2.34. The van der Waals surface area contributed by atoms with E-state index in [1.54, 1.807) is 6.26 Å². The lowest BCUT2D eigenvalue weighted by Crippen LogP contribution is -2.17. The molecule has 0 aliphatic carbocycles. The third kappa shape index (κ3) is 0.526. The second-order valence-electron chi connectivity index (χ2n) is 2.49. The van der Waals surface area contributed by atoms with E-state index in [0.29, 0.717) is 0 Å². The predicted octanol–water partition coefficient (Wildman–Crippen LogP) is 1.68. The summed E-state index contributed by atoms with van der Waals surface area (Å²) < 4.78 is 0. The van der Waals surface area contributed by atoms with Gasteiger partial charge in [-0.3, -0.25) is 0 Å². The quantitative estimate of drug-likeness (QED) is 0.557. The van der Waals surface area contributed by atoms with E-state index in [0.717, 1.165) is 17.0 Å². The second-order valence-corrected chi connectivity index (χ2v) is 2.49. The van der Waals surface area contributed by atoms with E-state index in [1.807, 2.05) is 24.3 Å². The first kappa shape index (κ1) is 5.07. The Kier molecular flexibility index (Phi) is 0.692. The number of rotatable bonds is 0. The van der Waals surface area contributed by atoms with Crippen LogP contribution in [-0.4, -0.2) is 0 Å². The van der Waals surface area contributed by atoms with Crippen LogP contribution in [0.4, 0.5) is 5.69 Å². The minimum Gasteiger partial charge on any atom is -0.349 e. The highest BCUT2D eigenvalue weighted by Gasteiger charge is 2.25. The Balaban J connectivity index is 2.33. The van der Waals surface area contributed by atoms with Gasteiger partial charge in [0.15, 0.2) is 6.26 Å². The smallest absolute Gasteiger partial charge is 0.204 e. The topological polar surface area (TPSA) is 21.7 Å². The van der Waals surface area contributed by atoms with Crippen LogP contribution in [0.5, 0.6) is 0 Å². The number of anilines is 1. The molecule has 2 heterocycles. The van der Waals surface area contributed by atoms with Gasteiger partial charge >= 0.3 is 0 Å². The van der Waals surface area contributed by atoms with Crippen LogP contribution in [0.25, 0.3) is 5.76 Å². The molecule has 0 saturated carbocycles. The van der Waals surface area contributed by atoms with E-state index in [-0.39, 0.29) is 0 Å². The first-order chi connectivity index (χ1) is 5.43. The van der Waals surface area contributed by atoms with E-state index in [2.05, 4.69) is 0 Å². The number of hydrogen-bond acceptors (Lipinski definition) is 3. The van der Waals surface area contributed by atoms with Gasteiger partial charge in [0.25, 0.3) is 0 Å². The summed E-state index contributed by atoms with van der Waals surface area (Å²) in [6.45, 7) is 0. The Labute approximate surface area is 63.4 Å². The molecule has 0 unspecified atom stereocenters. The molecule has 3 rings (SSSR count). The Morgan fingerprint density at radius 1 is 1.27 bits per heavy atom. The van der Waals surface area contributed by atoms with Crippen molar-refractivity contribution in [2.45, 2.75) is 0 Å². The maximum atomic E-state index is 5.25. The maximum Gasteiger partial charge on any atom is 0.204 e. The van der Waals surface area contributed by atoms with Crippen molar-refractivity contribution >= 4 is 11.4 Å². The van der Waals surface area contributed by atoms with Crippen molar-refractivity contribution in [1.82, 2.24) is 0 Å². The zero-order valence-electron chi connectivity index (χ0n) is 5.65. The van der Waals surface area contributed by atoms with Gasteiger partial charge in [0, 0.05) is 5.56 Å². The molecule has 11 heavy (non-hydrogen) atoms. The zero-order chi connectivity index (χ0) is 7.26. The highest BCUT2D eigenvalue weighted by molar-refractivity contribution is 5.69. The van der Waals surface area contributed by atoms with Crippen molar-refractivity contribution in [1.29, 1.82) is 0 Å². The first-order valence-corrected chi connectivity index (χ1v) is 3.39. The minimum absolute atomic E-state index is 0.776. The molecule has 0 saturated heterocycles. The van der Waals surface area contributed by atoms with Gasteiger partial charge < -0.3 is 9.68 Å². The fourth-order valence-corrected chi connectivity index (χ4v) is 1.24. The van der Waals surface area contributed by atoms with Crippen LogP contribution in [0, 0.1) is 0 Å². The van der Waals surface area contributed by atoms with Gasteiger partial charge in [-0.25, -0.2) is 0 Å². The van der Waals surface area contributed by atoms with Crippen LogP contribution in [0.2, 0.25) is 0 Å². The lowest BCUT2D eigenvalue weighted by Gasteiger charge is -2.19. The lowest BCUT2D eigenvalue weighted by atomic mass is 10.1. The van der Waals surface area contributed by atoms with Crippen molar-refractivity contribution < 1.29 is 9.68 Å². The Morgan fingerprint density at radius 3 is 3.27 bits per heavy atom. The summed E-state index contributed by atoms with van der Waals surface area (Å²) in [7, 11) is 0. The van der Waals surface area contributed by atoms with Gasteiger partial charge in [-0.15, -0.1) is 0 Å². The fraction of sp³-hybridized carbons (Fsp3) is 0. The second kappa shape index (κ2) is 1.50. The van der Waals surface area contributed by atoms with Gasteiger partial charge in [0.1, 0.15) is 5.69 Å². The summed E-state index contributed by atoms with van der Waals surface area (Å²) >= 11 is 0. The van der Waals surface area contributed by atoms with Crippen molar-refractivity contribution in [2.24, 2.45) is 0 Å². The average molecular weight is 147 g/mol. The van der Waals surface area contributed by atoms with Gasteiger partial charge in [-0.2, -0.15) is 0 Å². The Bertz CT molecular complexity index is 346. The SMILES string of the molecule is C1=C2ON(O1)c1cccc2c1. The van der Waals surface area contributed by atoms with E-state index in [4.69, 9.17) is 9.68 Å². The molecule has 0 spiro atoms. The molecule has 54 valence electrons. The Hall–Kier alpha value is -1.64. The van der Waals surface area contributed by atoms with E-state index in [1.165, 1.54) is 5.23 Å². The van der Waals surface area contributed by atoms with Gasteiger partial charge in [-0.05, 0) is 17.4 Å². The minimum atomic E-state index is 0.776. The maximum absolute atomic E-state index is 5.25. The zero-order valence-corrected chi connectivity index (χ0v) is 5.65. The summed E-state index contributed by atoms with van der Waals surface area (Å²) in [4.78, 5) is 10.3.